The molecule has 0 unspecified atom stereocenters. The van der Waals surface area contributed by atoms with Crippen molar-refractivity contribution in [2.45, 2.75) is 33.6 Å². The largest absolute Gasteiger partial charge is 0.460 e. The molecule has 0 N–H and O–H groups in total. The molecule has 0 saturated heterocycles. The second-order valence-corrected chi connectivity index (χ2v) is 7.37. The van der Waals surface area contributed by atoms with Gasteiger partial charge in [0.15, 0.2) is 0 Å². The van der Waals surface area contributed by atoms with Crippen LogP contribution in [0, 0.1) is 0 Å². The Balaban J connectivity index is 4.27. The first-order valence-electron chi connectivity index (χ1n) is 7.75. The molecule has 0 bridgehead atoms. The highest BCUT2D eigenvalue weighted by Crippen LogP contribution is 2.48. The van der Waals surface area contributed by atoms with Gasteiger partial charge in [0.2, 0.25) is 0 Å². The third-order valence-corrected chi connectivity index (χ3v) is 4.71. The number of hydrogen-bond acceptors (Lipinski definition) is 7. The van der Waals surface area contributed by atoms with E-state index in [0.29, 0.717) is 6.42 Å². The van der Waals surface area contributed by atoms with Crippen LogP contribution in [0.1, 0.15) is 33.6 Å². The summed E-state index contributed by atoms with van der Waals surface area (Å²) in [5.74, 6) is -1.07. The maximum atomic E-state index is 12.6. The lowest BCUT2D eigenvalue weighted by atomic mass is 10.4. The molecular weight excluding hydrogens is 335 g/mol. The maximum Gasteiger partial charge on any atom is 0.333 e. The summed E-state index contributed by atoms with van der Waals surface area (Å²) in [7, 11) is -3.33. The molecule has 0 aliphatic heterocycles. The van der Waals surface area contributed by atoms with Gasteiger partial charge in [-0.2, -0.15) is 0 Å². The number of carbonyl (C=O) groups is 2. The highest BCUT2D eigenvalue weighted by molar-refractivity contribution is 7.53. The van der Waals surface area contributed by atoms with Gasteiger partial charge in [0.25, 0.3) is 0 Å². The molecular formula is C16H27O7P. The number of unbranched alkanes of at least 4 members (excludes halogenated alkanes) is 1. The fourth-order valence-electron chi connectivity index (χ4n) is 1.39. The summed E-state index contributed by atoms with van der Waals surface area (Å²) in [5.41, 5.74) is 0.555. The predicted molar refractivity (Wildman–Crippen MR) is 90.8 cm³/mol. The second-order valence-electron chi connectivity index (χ2n) is 5.19. The second kappa shape index (κ2) is 12.0. The Morgan fingerprint density at radius 1 is 0.875 bits per heavy atom. The first-order chi connectivity index (χ1) is 11.2. The van der Waals surface area contributed by atoms with Crippen molar-refractivity contribution in [3.05, 3.63) is 24.3 Å². The summed E-state index contributed by atoms with van der Waals surface area (Å²) >= 11 is 0. The van der Waals surface area contributed by atoms with Crippen LogP contribution in [0.25, 0.3) is 0 Å². The van der Waals surface area contributed by atoms with E-state index < -0.39 is 19.5 Å². The van der Waals surface area contributed by atoms with Gasteiger partial charge in [0, 0.05) is 11.1 Å². The topological polar surface area (TPSA) is 88.1 Å². The number of carbonyl (C=O) groups excluding carboxylic acids is 2. The molecule has 0 amide bonds. The molecule has 0 aromatic carbocycles. The molecule has 8 heteroatoms. The van der Waals surface area contributed by atoms with E-state index in [1.807, 2.05) is 6.92 Å². The smallest absolute Gasteiger partial charge is 0.333 e. The van der Waals surface area contributed by atoms with Crippen LogP contribution in [0.5, 0.6) is 0 Å². The Morgan fingerprint density at radius 3 is 1.62 bits per heavy atom. The molecule has 7 nitrogen and oxygen atoms in total. The molecule has 0 aliphatic rings. The lowest BCUT2D eigenvalue weighted by Gasteiger charge is -2.18. The van der Waals surface area contributed by atoms with Crippen LogP contribution < -0.4 is 0 Å². The van der Waals surface area contributed by atoms with Crippen LogP contribution in [-0.2, 0) is 32.7 Å². The van der Waals surface area contributed by atoms with Crippen molar-refractivity contribution in [1.82, 2.24) is 0 Å². The van der Waals surface area contributed by atoms with Crippen LogP contribution in [0.15, 0.2) is 24.3 Å². The van der Waals surface area contributed by atoms with Gasteiger partial charge >= 0.3 is 19.5 Å². The predicted octanol–water partition coefficient (Wildman–Crippen LogP) is 3.25. The van der Waals surface area contributed by atoms with E-state index >= 15 is 0 Å². The minimum absolute atomic E-state index is 0.0458. The Labute approximate surface area is 143 Å². The summed E-state index contributed by atoms with van der Waals surface area (Å²) in [5, 5.41) is 0. The van der Waals surface area contributed by atoms with Gasteiger partial charge in [-0.15, -0.1) is 0 Å². The molecule has 24 heavy (non-hydrogen) atoms. The van der Waals surface area contributed by atoms with Crippen molar-refractivity contribution in [2.75, 3.05) is 32.6 Å². The van der Waals surface area contributed by atoms with Crippen LogP contribution in [0.4, 0.5) is 0 Å². The van der Waals surface area contributed by atoms with Gasteiger partial charge < -0.3 is 18.5 Å². The SMILES string of the molecule is C=C(C)C(=O)OCCOP(=O)(CCCC)OCCOC(=O)C(=C)C. The van der Waals surface area contributed by atoms with Gasteiger partial charge in [-0.3, -0.25) is 4.57 Å². The van der Waals surface area contributed by atoms with E-state index in [1.165, 1.54) is 13.8 Å². The van der Waals surface area contributed by atoms with E-state index in [4.69, 9.17) is 18.5 Å². The highest BCUT2D eigenvalue weighted by atomic mass is 31.2. The maximum absolute atomic E-state index is 12.6. The number of rotatable bonds is 13. The van der Waals surface area contributed by atoms with Crippen LogP contribution in [0.2, 0.25) is 0 Å². The van der Waals surface area contributed by atoms with Crippen molar-refractivity contribution in [2.24, 2.45) is 0 Å². The van der Waals surface area contributed by atoms with Gasteiger partial charge in [0.1, 0.15) is 13.2 Å². The Morgan fingerprint density at radius 2 is 1.29 bits per heavy atom. The zero-order chi connectivity index (χ0) is 18.6. The van der Waals surface area contributed by atoms with E-state index in [9.17, 15) is 14.2 Å². The molecule has 0 heterocycles. The summed E-state index contributed by atoms with van der Waals surface area (Å²) < 4.78 is 32.9. The Hall–Kier alpha value is -1.43. The first kappa shape index (κ1) is 22.6. The summed E-state index contributed by atoms with van der Waals surface area (Å²) in [6.45, 7) is 11.7. The average molecular weight is 362 g/mol. The van der Waals surface area contributed by atoms with Crippen molar-refractivity contribution in [3.63, 3.8) is 0 Å². The normalized spacial score (nSPS) is 11.0. The zero-order valence-electron chi connectivity index (χ0n) is 14.7. The van der Waals surface area contributed by atoms with Crippen LogP contribution >= 0.6 is 7.60 Å². The van der Waals surface area contributed by atoms with Crippen LogP contribution in [0.3, 0.4) is 0 Å². The number of ether oxygens (including phenoxy) is 2. The first-order valence-corrected chi connectivity index (χ1v) is 9.48. The van der Waals surface area contributed by atoms with Crippen molar-refractivity contribution in [3.8, 4) is 0 Å². The fraction of sp³-hybridized carbons (Fsp3) is 0.625. The molecule has 0 aromatic rings. The monoisotopic (exact) mass is 362 g/mol. The van der Waals surface area contributed by atoms with Gasteiger partial charge in [-0.1, -0.05) is 26.5 Å². The fourth-order valence-corrected chi connectivity index (χ4v) is 3.13. The molecule has 0 fully saturated rings. The third kappa shape index (κ3) is 10.4. The van der Waals surface area contributed by atoms with Crippen molar-refractivity contribution in [1.29, 1.82) is 0 Å². The molecule has 0 saturated carbocycles. The minimum atomic E-state index is -3.33. The summed E-state index contributed by atoms with van der Waals surface area (Å²) in [6, 6.07) is 0. The van der Waals surface area contributed by atoms with E-state index in [-0.39, 0.29) is 43.7 Å². The van der Waals surface area contributed by atoms with Crippen LogP contribution in [-0.4, -0.2) is 44.5 Å². The standard InChI is InChI=1S/C16H27O7P/c1-6-7-12-24(19,22-10-8-20-15(17)13(2)3)23-11-9-21-16(18)14(4)5/h2,4,6-12H2,1,3,5H3. The molecule has 0 aliphatic carbocycles. The zero-order valence-corrected chi connectivity index (χ0v) is 15.6. The molecule has 0 rings (SSSR count). The number of hydrogen-bond donors (Lipinski definition) is 0. The Kier molecular flexibility index (Phi) is 11.3. The minimum Gasteiger partial charge on any atom is -0.460 e. The van der Waals surface area contributed by atoms with Crippen molar-refractivity contribution >= 4 is 19.5 Å². The average Bonchev–Trinajstić information content (AvgIpc) is 2.53. The van der Waals surface area contributed by atoms with Gasteiger partial charge in [-0.25, -0.2) is 9.59 Å². The quantitative estimate of drug-likeness (QED) is 0.215. The third-order valence-electron chi connectivity index (χ3n) is 2.69. The summed E-state index contributed by atoms with van der Waals surface area (Å²) in [4.78, 5) is 22.5. The number of esters is 2. The summed E-state index contributed by atoms with van der Waals surface area (Å²) in [6.07, 6.45) is 1.73. The van der Waals surface area contributed by atoms with Crippen molar-refractivity contribution < 1.29 is 32.7 Å². The highest BCUT2D eigenvalue weighted by Gasteiger charge is 2.24. The van der Waals surface area contributed by atoms with E-state index in [0.717, 1.165) is 6.42 Å². The molecule has 138 valence electrons. The lowest BCUT2D eigenvalue weighted by molar-refractivity contribution is -0.140. The Bertz CT molecular complexity index is 461. The molecule has 0 spiro atoms. The lowest BCUT2D eigenvalue weighted by Crippen LogP contribution is -2.14. The van der Waals surface area contributed by atoms with Gasteiger partial charge in [-0.05, 0) is 20.3 Å². The molecule has 0 atom stereocenters. The van der Waals surface area contributed by atoms with E-state index in [2.05, 4.69) is 13.2 Å². The van der Waals surface area contributed by atoms with Gasteiger partial charge in [0.05, 0.1) is 19.4 Å². The molecule has 0 radical (unpaired) electrons. The van der Waals surface area contributed by atoms with E-state index in [1.54, 1.807) is 0 Å². The molecule has 0 aromatic heterocycles.